The maximum absolute atomic E-state index is 5.06. The smallest absolute Gasteiger partial charge is 0.0474 e. The molecule has 0 aromatic carbocycles. The zero-order chi connectivity index (χ0) is 13.4. The van der Waals surface area contributed by atoms with Crippen molar-refractivity contribution in [1.82, 2.24) is 10.2 Å². The Morgan fingerprint density at radius 3 is 2.72 bits per heavy atom. The highest BCUT2D eigenvalue weighted by Gasteiger charge is 2.27. The Kier molecular flexibility index (Phi) is 7.87. The molecule has 3 nitrogen and oxygen atoms in total. The summed E-state index contributed by atoms with van der Waals surface area (Å²) in [5, 5.41) is 3.53. The highest BCUT2D eigenvalue weighted by atomic mass is 16.5. The number of nitrogens with one attached hydrogen (secondary N) is 1. The minimum atomic E-state index is 0.623. The predicted octanol–water partition coefficient (Wildman–Crippen LogP) is 2.51. The van der Waals surface area contributed by atoms with Crippen LogP contribution in [0.3, 0.4) is 0 Å². The second-order valence-corrected chi connectivity index (χ2v) is 5.89. The minimum absolute atomic E-state index is 0.623. The summed E-state index contributed by atoms with van der Waals surface area (Å²) in [5.41, 5.74) is 0. The Balaban J connectivity index is 2.20. The molecule has 0 heterocycles. The van der Waals surface area contributed by atoms with E-state index in [1.807, 2.05) is 0 Å². The summed E-state index contributed by atoms with van der Waals surface area (Å²) in [4.78, 5) is 2.59. The van der Waals surface area contributed by atoms with E-state index in [1.54, 1.807) is 7.11 Å². The Bertz CT molecular complexity index is 211. The number of likely N-dealkylation sites (N-methyl/N-ethyl adjacent to an activating group) is 1. The Hall–Kier alpha value is -0.120. The topological polar surface area (TPSA) is 24.5 Å². The van der Waals surface area contributed by atoms with Crippen molar-refractivity contribution in [3.8, 4) is 0 Å². The monoisotopic (exact) mass is 256 g/mol. The van der Waals surface area contributed by atoms with Crippen molar-refractivity contribution in [2.75, 3.05) is 33.9 Å². The first-order valence-electron chi connectivity index (χ1n) is 7.58. The van der Waals surface area contributed by atoms with E-state index >= 15 is 0 Å². The van der Waals surface area contributed by atoms with Gasteiger partial charge in [0.15, 0.2) is 0 Å². The van der Waals surface area contributed by atoms with Crippen molar-refractivity contribution < 1.29 is 4.74 Å². The Morgan fingerprint density at radius 1 is 1.33 bits per heavy atom. The third-order valence-corrected chi connectivity index (χ3v) is 4.43. The summed E-state index contributed by atoms with van der Waals surface area (Å²) in [7, 11) is 4.06. The SMILES string of the molecule is COCCCNCC(C)N(C)C1CCCCC1C. The summed E-state index contributed by atoms with van der Waals surface area (Å²) < 4.78 is 5.06. The lowest BCUT2D eigenvalue weighted by molar-refractivity contribution is 0.102. The first kappa shape index (κ1) is 15.9. The molecule has 1 aliphatic rings. The molecule has 0 radical (unpaired) electrons. The number of nitrogens with zero attached hydrogens (tertiary/aromatic N) is 1. The molecule has 1 aliphatic carbocycles. The third-order valence-electron chi connectivity index (χ3n) is 4.43. The molecule has 0 bridgehead atoms. The standard InChI is InChI=1S/C15H32N2O/c1-13-8-5-6-9-15(13)17(3)14(2)12-16-10-7-11-18-4/h13-16H,5-12H2,1-4H3. The van der Waals surface area contributed by atoms with Gasteiger partial charge in [0.25, 0.3) is 0 Å². The van der Waals surface area contributed by atoms with Gasteiger partial charge in [-0.15, -0.1) is 0 Å². The van der Waals surface area contributed by atoms with Crippen molar-refractivity contribution in [2.45, 2.75) is 58.0 Å². The molecule has 3 heteroatoms. The van der Waals surface area contributed by atoms with Crippen LogP contribution in [0.2, 0.25) is 0 Å². The summed E-state index contributed by atoms with van der Waals surface area (Å²) in [6.45, 7) is 7.76. The van der Waals surface area contributed by atoms with Crippen LogP contribution in [-0.2, 0) is 4.74 Å². The fraction of sp³-hybridized carbons (Fsp3) is 1.00. The van der Waals surface area contributed by atoms with E-state index in [9.17, 15) is 0 Å². The van der Waals surface area contributed by atoms with E-state index in [1.165, 1.54) is 25.7 Å². The van der Waals surface area contributed by atoms with Crippen LogP contribution in [-0.4, -0.2) is 50.8 Å². The molecule has 18 heavy (non-hydrogen) atoms. The molecule has 108 valence electrons. The van der Waals surface area contributed by atoms with Crippen LogP contribution in [0.4, 0.5) is 0 Å². The molecule has 1 fully saturated rings. The molecular weight excluding hydrogens is 224 g/mol. The maximum Gasteiger partial charge on any atom is 0.0474 e. The van der Waals surface area contributed by atoms with Crippen LogP contribution in [0.25, 0.3) is 0 Å². The van der Waals surface area contributed by atoms with Gasteiger partial charge in [-0.05, 0) is 45.7 Å². The fourth-order valence-corrected chi connectivity index (χ4v) is 3.03. The van der Waals surface area contributed by atoms with Gasteiger partial charge in [0.2, 0.25) is 0 Å². The van der Waals surface area contributed by atoms with Crippen LogP contribution in [0.15, 0.2) is 0 Å². The van der Waals surface area contributed by atoms with Gasteiger partial charge in [-0.2, -0.15) is 0 Å². The van der Waals surface area contributed by atoms with E-state index in [0.717, 1.165) is 38.1 Å². The normalized spacial score (nSPS) is 26.5. The van der Waals surface area contributed by atoms with Gasteiger partial charge < -0.3 is 10.1 Å². The quantitative estimate of drug-likeness (QED) is 0.675. The molecule has 0 aliphatic heterocycles. The van der Waals surface area contributed by atoms with Crippen molar-refractivity contribution >= 4 is 0 Å². The zero-order valence-electron chi connectivity index (χ0n) is 12.7. The van der Waals surface area contributed by atoms with E-state index < -0.39 is 0 Å². The Morgan fingerprint density at radius 2 is 2.06 bits per heavy atom. The number of methoxy groups -OCH3 is 1. The summed E-state index contributed by atoms with van der Waals surface area (Å²) >= 11 is 0. The predicted molar refractivity (Wildman–Crippen MR) is 78.0 cm³/mol. The van der Waals surface area contributed by atoms with E-state index in [2.05, 4.69) is 31.1 Å². The lowest BCUT2D eigenvalue weighted by Gasteiger charge is -2.39. The van der Waals surface area contributed by atoms with Crippen molar-refractivity contribution in [1.29, 1.82) is 0 Å². The molecule has 1 rings (SSSR count). The van der Waals surface area contributed by atoms with Crippen LogP contribution in [0.1, 0.15) is 46.0 Å². The molecule has 0 amide bonds. The van der Waals surface area contributed by atoms with Gasteiger partial charge in [-0.3, -0.25) is 4.90 Å². The van der Waals surface area contributed by atoms with Gasteiger partial charge in [0.1, 0.15) is 0 Å². The fourth-order valence-electron chi connectivity index (χ4n) is 3.03. The summed E-state index contributed by atoms with van der Waals surface area (Å²) in [6.07, 6.45) is 6.73. The van der Waals surface area contributed by atoms with Gasteiger partial charge in [-0.1, -0.05) is 19.8 Å². The molecule has 3 atom stereocenters. The first-order valence-corrected chi connectivity index (χ1v) is 7.58. The second-order valence-electron chi connectivity index (χ2n) is 5.89. The average Bonchev–Trinajstić information content (AvgIpc) is 2.38. The van der Waals surface area contributed by atoms with E-state index in [4.69, 9.17) is 4.74 Å². The van der Waals surface area contributed by atoms with E-state index in [0.29, 0.717) is 6.04 Å². The molecule has 0 aromatic heterocycles. The van der Waals surface area contributed by atoms with Crippen LogP contribution in [0.5, 0.6) is 0 Å². The van der Waals surface area contributed by atoms with Gasteiger partial charge in [0, 0.05) is 32.3 Å². The lowest BCUT2D eigenvalue weighted by Crippen LogP contribution is -2.47. The van der Waals surface area contributed by atoms with Crippen LogP contribution < -0.4 is 5.32 Å². The summed E-state index contributed by atoms with van der Waals surface area (Å²) in [6, 6.07) is 1.41. The molecule has 0 saturated heterocycles. The van der Waals surface area contributed by atoms with E-state index in [-0.39, 0.29) is 0 Å². The van der Waals surface area contributed by atoms with Gasteiger partial charge in [-0.25, -0.2) is 0 Å². The van der Waals surface area contributed by atoms with Gasteiger partial charge in [0.05, 0.1) is 0 Å². The number of rotatable bonds is 8. The average molecular weight is 256 g/mol. The molecule has 1 saturated carbocycles. The largest absolute Gasteiger partial charge is 0.385 e. The number of ether oxygens (including phenoxy) is 1. The van der Waals surface area contributed by atoms with Crippen molar-refractivity contribution in [2.24, 2.45) is 5.92 Å². The summed E-state index contributed by atoms with van der Waals surface area (Å²) in [5.74, 6) is 0.861. The highest BCUT2D eigenvalue weighted by molar-refractivity contribution is 4.82. The molecule has 3 unspecified atom stereocenters. The van der Waals surface area contributed by atoms with Crippen molar-refractivity contribution in [3.05, 3.63) is 0 Å². The zero-order valence-corrected chi connectivity index (χ0v) is 12.7. The molecule has 1 N–H and O–H groups in total. The lowest BCUT2D eigenvalue weighted by atomic mass is 9.84. The number of hydrogen-bond donors (Lipinski definition) is 1. The molecular formula is C15H32N2O. The maximum atomic E-state index is 5.06. The molecule has 0 aromatic rings. The van der Waals surface area contributed by atoms with Crippen LogP contribution in [0, 0.1) is 5.92 Å². The number of hydrogen-bond acceptors (Lipinski definition) is 3. The van der Waals surface area contributed by atoms with Gasteiger partial charge >= 0.3 is 0 Å². The van der Waals surface area contributed by atoms with Crippen molar-refractivity contribution in [3.63, 3.8) is 0 Å². The second kappa shape index (κ2) is 8.89. The van der Waals surface area contributed by atoms with Crippen LogP contribution >= 0.6 is 0 Å². The minimum Gasteiger partial charge on any atom is -0.385 e. The highest BCUT2D eigenvalue weighted by Crippen LogP contribution is 2.28. The molecule has 0 spiro atoms. The first-order chi connectivity index (χ1) is 8.66. The Labute approximate surface area is 113 Å². The third kappa shape index (κ3) is 5.25.